The average Bonchev–Trinajstić information content (AvgIpc) is 2.69. The first-order valence-corrected chi connectivity index (χ1v) is 9.74. The van der Waals surface area contributed by atoms with Crippen molar-refractivity contribution in [3.8, 4) is 28.5 Å². The molecule has 5 heteroatoms. The lowest BCUT2D eigenvalue weighted by molar-refractivity contribution is 0.168. The lowest BCUT2D eigenvalue weighted by Gasteiger charge is -2.34. The molecule has 1 aromatic heterocycles. The Morgan fingerprint density at radius 1 is 1.17 bits per heavy atom. The minimum absolute atomic E-state index is 0.0653. The predicted octanol–water partition coefficient (Wildman–Crippen LogP) is 4.77. The summed E-state index contributed by atoms with van der Waals surface area (Å²) in [6.45, 7) is 11.6. The Hall–Kier alpha value is -2.79. The van der Waals surface area contributed by atoms with Crippen LogP contribution in [0.25, 0.3) is 11.1 Å². The maximum Gasteiger partial charge on any atom is 0.213 e. The fourth-order valence-corrected chi connectivity index (χ4v) is 4.34. The third-order valence-corrected chi connectivity index (χ3v) is 6.05. The molecule has 0 radical (unpaired) electrons. The number of nitrogens with zero attached hydrogens (tertiary/aromatic N) is 1. The van der Waals surface area contributed by atoms with E-state index < -0.39 is 6.10 Å². The number of pyridine rings is 1. The molecule has 0 saturated carbocycles. The normalized spacial score (nSPS) is 21.6. The first-order chi connectivity index (χ1) is 13.7. The summed E-state index contributed by atoms with van der Waals surface area (Å²) in [6.07, 6.45) is 3.56. The fourth-order valence-electron chi connectivity index (χ4n) is 4.34. The zero-order valence-corrected chi connectivity index (χ0v) is 17.7. The second kappa shape index (κ2) is 7.91. The quantitative estimate of drug-likeness (QED) is 0.650. The molecule has 3 N–H and O–H groups in total. The van der Waals surface area contributed by atoms with E-state index in [1.807, 2.05) is 39.8 Å². The number of allylic oxidation sites excluding steroid dienone is 2. The van der Waals surface area contributed by atoms with Crippen LogP contribution in [0.1, 0.15) is 42.9 Å². The van der Waals surface area contributed by atoms with Gasteiger partial charge in [0.05, 0.1) is 13.2 Å². The molecule has 0 spiro atoms. The molecule has 3 atom stereocenters. The largest absolute Gasteiger partial charge is 0.507 e. The maximum absolute atomic E-state index is 11.1. The average molecular weight is 395 g/mol. The summed E-state index contributed by atoms with van der Waals surface area (Å²) < 4.78 is 5.22. The molecule has 3 rings (SSSR count). The Bertz CT molecular complexity index is 964. The molecule has 1 aromatic carbocycles. The number of ether oxygens (including phenoxy) is 1. The topological polar surface area (TPSA) is 82.8 Å². The minimum atomic E-state index is -0.539. The summed E-state index contributed by atoms with van der Waals surface area (Å²) in [6, 6.07) is 3.61. The molecule has 1 aliphatic carbocycles. The van der Waals surface area contributed by atoms with Gasteiger partial charge in [-0.05, 0) is 73.9 Å². The van der Waals surface area contributed by atoms with Gasteiger partial charge in [0.25, 0.3) is 0 Å². The van der Waals surface area contributed by atoms with Crippen molar-refractivity contribution >= 4 is 0 Å². The number of aromatic nitrogens is 1. The van der Waals surface area contributed by atoms with Crippen LogP contribution in [0.4, 0.5) is 0 Å². The van der Waals surface area contributed by atoms with Gasteiger partial charge in [-0.15, -0.1) is 0 Å². The van der Waals surface area contributed by atoms with Gasteiger partial charge in [-0.25, -0.2) is 4.98 Å². The van der Waals surface area contributed by atoms with E-state index in [0.29, 0.717) is 29.0 Å². The van der Waals surface area contributed by atoms with Crippen LogP contribution in [0, 0.1) is 19.8 Å². The van der Waals surface area contributed by atoms with Gasteiger partial charge in [-0.2, -0.15) is 0 Å². The van der Waals surface area contributed by atoms with E-state index in [-0.39, 0.29) is 23.3 Å². The number of methoxy groups -OCH3 is 1. The van der Waals surface area contributed by atoms with Crippen LogP contribution in [0.5, 0.6) is 17.4 Å². The third-order valence-electron chi connectivity index (χ3n) is 6.05. The number of aromatic hydroxyl groups is 2. The van der Waals surface area contributed by atoms with Crippen molar-refractivity contribution in [3.05, 3.63) is 58.8 Å². The summed E-state index contributed by atoms with van der Waals surface area (Å²) in [7, 11) is 1.55. The third kappa shape index (κ3) is 3.62. The van der Waals surface area contributed by atoms with Crippen LogP contribution >= 0.6 is 0 Å². The number of rotatable bonds is 4. The van der Waals surface area contributed by atoms with Gasteiger partial charge in [0.15, 0.2) is 0 Å². The molecule has 0 bridgehead atoms. The molecule has 5 nitrogen and oxygen atoms in total. The van der Waals surface area contributed by atoms with E-state index in [1.54, 1.807) is 19.4 Å². The van der Waals surface area contributed by atoms with Crippen LogP contribution in [0.15, 0.2) is 42.1 Å². The maximum atomic E-state index is 11.1. The highest BCUT2D eigenvalue weighted by atomic mass is 16.5. The number of aliphatic hydroxyl groups excluding tert-OH is 1. The van der Waals surface area contributed by atoms with Gasteiger partial charge < -0.3 is 20.1 Å². The van der Waals surface area contributed by atoms with E-state index in [4.69, 9.17) is 4.74 Å². The van der Waals surface area contributed by atoms with Gasteiger partial charge in [0.1, 0.15) is 11.5 Å². The highest BCUT2D eigenvalue weighted by molar-refractivity contribution is 5.78. The van der Waals surface area contributed by atoms with Crippen molar-refractivity contribution < 1.29 is 20.1 Å². The van der Waals surface area contributed by atoms with E-state index >= 15 is 0 Å². The Labute approximate surface area is 172 Å². The molecule has 0 fully saturated rings. The van der Waals surface area contributed by atoms with E-state index in [2.05, 4.69) is 11.6 Å². The molecule has 1 aliphatic rings. The van der Waals surface area contributed by atoms with E-state index in [9.17, 15) is 15.3 Å². The Morgan fingerprint density at radius 2 is 1.79 bits per heavy atom. The summed E-state index contributed by atoms with van der Waals surface area (Å²) in [5.74, 6) is 0.267. The van der Waals surface area contributed by atoms with E-state index in [0.717, 1.165) is 22.3 Å². The number of aliphatic hydroxyl groups is 1. The lowest BCUT2D eigenvalue weighted by Crippen LogP contribution is -2.26. The highest BCUT2D eigenvalue weighted by Gasteiger charge is 2.35. The van der Waals surface area contributed by atoms with Gasteiger partial charge in [0.2, 0.25) is 5.88 Å². The summed E-state index contributed by atoms with van der Waals surface area (Å²) in [4.78, 5) is 4.13. The Morgan fingerprint density at radius 3 is 2.34 bits per heavy atom. The smallest absolute Gasteiger partial charge is 0.213 e. The number of hydrogen-bond acceptors (Lipinski definition) is 5. The standard InChI is InChI=1S/C24H29NO4/c1-12(2)17-11-19(26)13(3)9-18(17)22-23(27)14(4)21(15(5)24(22)28)16-7-8-25-20(10-16)29-6/h7-10,17-19,26-28H,1,11H2,2-6H3/t17-,18+,19-/m0/s1. The molecule has 0 aliphatic heterocycles. The lowest BCUT2D eigenvalue weighted by atomic mass is 9.71. The number of benzene rings is 1. The zero-order chi connectivity index (χ0) is 21.5. The van der Waals surface area contributed by atoms with Gasteiger partial charge in [-0.1, -0.05) is 18.2 Å². The summed E-state index contributed by atoms with van der Waals surface area (Å²) in [5, 5.41) is 32.6. The second-order valence-electron chi connectivity index (χ2n) is 7.96. The zero-order valence-electron chi connectivity index (χ0n) is 17.7. The molecule has 154 valence electrons. The van der Waals surface area contributed by atoms with Crippen molar-refractivity contribution in [2.75, 3.05) is 7.11 Å². The van der Waals surface area contributed by atoms with Crippen LogP contribution in [0.3, 0.4) is 0 Å². The fraction of sp³-hybridized carbons (Fsp3) is 0.375. The van der Waals surface area contributed by atoms with Gasteiger partial charge in [0, 0.05) is 23.7 Å². The van der Waals surface area contributed by atoms with Crippen LogP contribution < -0.4 is 4.74 Å². The van der Waals surface area contributed by atoms with Crippen molar-refractivity contribution in [1.29, 1.82) is 0 Å². The molecule has 2 aromatic rings. The van der Waals surface area contributed by atoms with Gasteiger partial charge >= 0.3 is 0 Å². The second-order valence-corrected chi connectivity index (χ2v) is 7.96. The first kappa shape index (κ1) is 20.9. The van der Waals surface area contributed by atoms with Gasteiger partial charge in [-0.3, -0.25) is 0 Å². The highest BCUT2D eigenvalue weighted by Crippen LogP contribution is 2.51. The summed E-state index contributed by atoms with van der Waals surface area (Å²) in [5.41, 5.74) is 5.17. The van der Waals surface area contributed by atoms with Crippen molar-refractivity contribution in [2.45, 2.75) is 46.1 Å². The number of hydrogen-bond donors (Lipinski definition) is 3. The van der Waals surface area contributed by atoms with Crippen molar-refractivity contribution in [3.63, 3.8) is 0 Å². The predicted molar refractivity (Wildman–Crippen MR) is 114 cm³/mol. The molecule has 1 heterocycles. The Balaban J connectivity index is 2.23. The van der Waals surface area contributed by atoms with E-state index in [1.165, 1.54) is 0 Å². The number of phenols is 2. The molecule has 0 saturated heterocycles. The molecular formula is C24H29NO4. The molecule has 0 amide bonds. The number of phenolic OH excluding ortho intramolecular Hbond substituents is 2. The SMILES string of the molecule is C=C(C)[C@@H]1C[C@H](O)C(C)=C[C@H]1c1c(O)c(C)c(-c2ccnc(OC)c2)c(C)c1O. The van der Waals surface area contributed by atoms with Crippen LogP contribution in [-0.2, 0) is 0 Å². The molecule has 29 heavy (non-hydrogen) atoms. The minimum Gasteiger partial charge on any atom is -0.507 e. The summed E-state index contributed by atoms with van der Waals surface area (Å²) >= 11 is 0. The van der Waals surface area contributed by atoms with Crippen molar-refractivity contribution in [1.82, 2.24) is 4.98 Å². The Kier molecular flexibility index (Phi) is 5.71. The molecule has 0 unspecified atom stereocenters. The van der Waals surface area contributed by atoms with Crippen molar-refractivity contribution in [2.24, 2.45) is 5.92 Å². The monoisotopic (exact) mass is 395 g/mol. The first-order valence-electron chi connectivity index (χ1n) is 9.74. The van der Waals surface area contributed by atoms with Crippen LogP contribution in [-0.4, -0.2) is 33.5 Å². The van der Waals surface area contributed by atoms with Crippen LogP contribution in [0.2, 0.25) is 0 Å². The molecular weight excluding hydrogens is 366 g/mol.